The molecule has 0 radical (unpaired) electrons. The van der Waals surface area contributed by atoms with Crippen LogP contribution in [-0.4, -0.2) is 19.3 Å². The van der Waals surface area contributed by atoms with E-state index in [0.717, 1.165) is 31.9 Å². The molecule has 0 aliphatic carbocycles. The third-order valence-electron chi connectivity index (χ3n) is 3.35. The van der Waals surface area contributed by atoms with E-state index in [1.165, 1.54) is 10.4 Å². The average molecular weight is 289 g/mol. The summed E-state index contributed by atoms with van der Waals surface area (Å²) in [6.45, 7) is 3.28. The first kappa shape index (κ1) is 13.6. The summed E-state index contributed by atoms with van der Waals surface area (Å²) in [5.74, 6) is 0.918. The molecule has 1 N–H and O–H groups in total. The second-order valence-electron chi connectivity index (χ2n) is 4.96. The summed E-state index contributed by atoms with van der Waals surface area (Å²) in [5, 5.41) is 5.70. The number of benzene rings is 1. The van der Waals surface area contributed by atoms with E-state index >= 15 is 0 Å². The van der Waals surface area contributed by atoms with Gasteiger partial charge in [-0.2, -0.15) is 0 Å². The van der Waals surface area contributed by atoms with E-state index in [9.17, 15) is 0 Å². The fourth-order valence-electron chi connectivity index (χ4n) is 2.22. The van der Waals surface area contributed by atoms with Crippen molar-refractivity contribution in [3.05, 3.63) is 52.2 Å². The van der Waals surface area contributed by atoms with Crippen molar-refractivity contribution in [3.8, 4) is 5.75 Å². The maximum Gasteiger partial charge on any atom is 0.119 e. The molecule has 1 aromatic heterocycles. The lowest BCUT2D eigenvalue weighted by atomic mass is 10.2. The molecule has 1 fully saturated rings. The molecule has 3 nitrogen and oxygen atoms in total. The van der Waals surface area contributed by atoms with Crippen LogP contribution in [0.25, 0.3) is 0 Å². The fraction of sp³-hybridized carbons (Fsp3) is 0.375. The highest BCUT2D eigenvalue weighted by Crippen LogP contribution is 2.18. The number of thiophene rings is 1. The van der Waals surface area contributed by atoms with E-state index in [0.29, 0.717) is 12.6 Å². The molecule has 1 aliphatic heterocycles. The van der Waals surface area contributed by atoms with E-state index in [4.69, 9.17) is 9.47 Å². The van der Waals surface area contributed by atoms with Gasteiger partial charge in [0.2, 0.25) is 0 Å². The molecule has 4 heteroatoms. The van der Waals surface area contributed by atoms with Crippen molar-refractivity contribution in [3.63, 3.8) is 0 Å². The number of ether oxygens (including phenoxy) is 2. The van der Waals surface area contributed by atoms with E-state index in [-0.39, 0.29) is 0 Å². The molecule has 1 aromatic carbocycles. The minimum atomic E-state index is 0.515. The van der Waals surface area contributed by atoms with Crippen LogP contribution in [0, 0.1) is 0 Å². The Kier molecular flexibility index (Phi) is 4.69. The normalized spacial score (nSPS) is 18.3. The second kappa shape index (κ2) is 6.88. The van der Waals surface area contributed by atoms with Crippen molar-refractivity contribution in [1.29, 1.82) is 0 Å². The molecule has 106 valence electrons. The Labute approximate surface area is 123 Å². The Morgan fingerprint density at radius 2 is 2.20 bits per heavy atom. The van der Waals surface area contributed by atoms with Crippen molar-refractivity contribution in [2.24, 2.45) is 0 Å². The van der Waals surface area contributed by atoms with Crippen molar-refractivity contribution in [2.75, 3.05) is 13.2 Å². The van der Waals surface area contributed by atoms with Crippen LogP contribution in [0.3, 0.4) is 0 Å². The second-order valence-corrected chi connectivity index (χ2v) is 5.96. The minimum Gasteiger partial charge on any atom is -0.489 e. The molecule has 1 aliphatic rings. The Hall–Kier alpha value is -1.36. The summed E-state index contributed by atoms with van der Waals surface area (Å²) >= 11 is 1.78. The van der Waals surface area contributed by atoms with Gasteiger partial charge in [-0.3, -0.25) is 0 Å². The van der Waals surface area contributed by atoms with Crippen LogP contribution < -0.4 is 10.1 Å². The Balaban J connectivity index is 1.46. The highest BCUT2D eigenvalue weighted by Gasteiger charge is 2.14. The molecule has 20 heavy (non-hydrogen) atoms. The number of hydrogen-bond acceptors (Lipinski definition) is 4. The van der Waals surface area contributed by atoms with Crippen LogP contribution in [-0.2, 0) is 17.9 Å². The van der Waals surface area contributed by atoms with E-state index in [2.05, 4.69) is 16.8 Å². The van der Waals surface area contributed by atoms with E-state index in [1.807, 2.05) is 30.3 Å². The smallest absolute Gasteiger partial charge is 0.119 e. The first-order valence-corrected chi connectivity index (χ1v) is 7.83. The lowest BCUT2D eigenvalue weighted by molar-refractivity contribution is 0.190. The third-order valence-corrected chi connectivity index (χ3v) is 4.34. The summed E-state index contributed by atoms with van der Waals surface area (Å²) in [5.41, 5.74) is 1.23. The maximum atomic E-state index is 5.75. The van der Waals surface area contributed by atoms with Crippen LogP contribution in [0.5, 0.6) is 5.75 Å². The standard InChI is InChI=1S/C16H19NO2S/c1-2-4-15(5-3-1)19-10-13-8-16(20-12-13)9-17-14-6-7-18-11-14/h1-5,8,12,14,17H,6-7,9-11H2/t14-/m0/s1. The fourth-order valence-corrected chi connectivity index (χ4v) is 3.04. The molecule has 0 saturated carbocycles. The number of rotatable bonds is 6. The molecule has 0 amide bonds. The quantitative estimate of drug-likeness (QED) is 0.886. The SMILES string of the molecule is c1ccc(OCc2csc(CN[C@H]3CCOC3)c2)cc1. The molecule has 1 atom stereocenters. The van der Waals surface area contributed by atoms with Crippen LogP contribution in [0.15, 0.2) is 41.8 Å². The van der Waals surface area contributed by atoms with Gasteiger partial charge in [-0.25, -0.2) is 0 Å². The molecular formula is C16H19NO2S. The van der Waals surface area contributed by atoms with Gasteiger partial charge in [0, 0.05) is 29.6 Å². The lowest BCUT2D eigenvalue weighted by Gasteiger charge is -2.08. The monoisotopic (exact) mass is 289 g/mol. The largest absolute Gasteiger partial charge is 0.489 e. The zero-order valence-electron chi connectivity index (χ0n) is 11.4. The average Bonchev–Trinajstić information content (AvgIpc) is 3.16. The first-order valence-electron chi connectivity index (χ1n) is 6.95. The minimum absolute atomic E-state index is 0.515. The molecule has 2 aromatic rings. The number of hydrogen-bond donors (Lipinski definition) is 1. The number of para-hydroxylation sites is 1. The van der Waals surface area contributed by atoms with Gasteiger partial charge >= 0.3 is 0 Å². The van der Waals surface area contributed by atoms with Gasteiger partial charge in [0.15, 0.2) is 0 Å². The van der Waals surface area contributed by atoms with Crippen LogP contribution >= 0.6 is 11.3 Å². The van der Waals surface area contributed by atoms with Crippen molar-refractivity contribution < 1.29 is 9.47 Å². The zero-order chi connectivity index (χ0) is 13.6. The van der Waals surface area contributed by atoms with E-state index in [1.54, 1.807) is 11.3 Å². The van der Waals surface area contributed by atoms with Gasteiger partial charge < -0.3 is 14.8 Å². The third kappa shape index (κ3) is 3.82. The van der Waals surface area contributed by atoms with Crippen molar-refractivity contribution in [1.82, 2.24) is 5.32 Å². The lowest BCUT2D eigenvalue weighted by Crippen LogP contribution is -2.28. The molecule has 3 rings (SSSR count). The summed E-state index contributed by atoms with van der Waals surface area (Å²) in [6, 6.07) is 12.7. The number of nitrogens with one attached hydrogen (secondary N) is 1. The summed E-state index contributed by atoms with van der Waals surface area (Å²) in [6.07, 6.45) is 1.12. The topological polar surface area (TPSA) is 30.5 Å². The summed E-state index contributed by atoms with van der Waals surface area (Å²) in [7, 11) is 0. The molecule has 1 saturated heterocycles. The van der Waals surface area contributed by atoms with Crippen LogP contribution in [0.2, 0.25) is 0 Å². The van der Waals surface area contributed by atoms with Crippen LogP contribution in [0.4, 0.5) is 0 Å². The van der Waals surface area contributed by atoms with Crippen molar-refractivity contribution in [2.45, 2.75) is 25.6 Å². The first-order chi connectivity index (χ1) is 9.90. The van der Waals surface area contributed by atoms with Crippen LogP contribution in [0.1, 0.15) is 16.9 Å². The Morgan fingerprint density at radius 1 is 1.30 bits per heavy atom. The predicted molar refractivity (Wildman–Crippen MR) is 81.2 cm³/mol. The summed E-state index contributed by atoms with van der Waals surface area (Å²) in [4.78, 5) is 1.35. The maximum absolute atomic E-state index is 5.75. The Morgan fingerprint density at radius 3 is 3.00 bits per heavy atom. The molecular weight excluding hydrogens is 270 g/mol. The van der Waals surface area contributed by atoms with Gasteiger partial charge in [-0.05, 0) is 30.0 Å². The van der Waals surface area contributed by atoms with Gasteiger partial charge in [-0.1, -0.05) is 18.2 Å². The highest BCUT2D eigenvalue weighted by molar-refractivity contribution is 7.10. The van der Waals surface area contributed by atoms with Gasteiger partial charge in [-0.15, -0.1) is 11.3 Å². The van der Waals surface area contributed by atoms with Gasteiger partial charge in [0.05, 0.1) is 6.61 Å². The molecule has 0 spiro atoms. The van der Waals surface area contributed by atoms with Crippen molar-refractivity contribution >= 4 is 11.3 Å². The van der Waals surface area contributed by atoms with Gasteiger partial charge in [0.1, 0.15) is 12.4 Å². The van der Waals surface area contributed by atoms with Gasteiger partial charge in [0.25, 0.3) is 0 Å². The van der Waals surface area contributed by atoms with E-state index < -0.39 is 0 Å². The molecule has 0 bridgehead atoms. The molecule has 0 unspecified atom stereocenters. The molecule has 2 heterocycles. The highest BCUT2D eigenvalue weighted by atomic mass is 32.1. The summed E-state index contributed by atoms with van der Waals surface area (Å²) < 4.78 is 11.1. The predicted octanol–water partition coefficient (Wildman–Crippen LogP) is 3.21. The zero-order valence-corrected chi connectivity index (χ0v) is 12.2. The Bertz CT molecular complexity index is 520.